The molecule has 0 aliphatic heterocycles. The van der Waals surface area contributed by atoms with Crippen molar-refractivity contribution in [3.05, 3.63) is 17.7 Å². The summed E-state index contributed by atoms with van der Waals surface area (Å²) in [6, 6.07) is 3.75. The van der Waals surface area contributed by atoms with Crippen LogP contribution in [0, 0.1) is 0 Å². The molecular weight excluding hydrogens is 272 g/mol. The van der Waals surface area contributed by atoms with E-state index in [0.717, 1.165) is 12.0 Å². The van der Waals surface area contributed by atoms with Crippen LogP contribution in [0.4, 0.5) is 0 Å². The van der Waals surface area contributed by atoms with E-state index in [1.807, 2.05) is 12.1 Å². The number of nitrogens with zero attached hydrogens (tertiary/aromatic N) is 1. The summed E-state index contributed by atoms with van der Waals surface area (Å²) in [7, 11) is 6.56. The Morgan fingerprint density at radius 2 is 1.76 bits per heavy atom. The number of carbonyl (C=O) groups excluding carboxylic acids is 1. The van der Waals surface area contributed by atoms with Crippen molar-refractivity contribution < 1.29 is 19.0 Å². The van der Waals surface area contributed by atoms with Gasteiger partial charge in [0.05, 0.1) is 27.2 Å². The van der Waals surface area contributed by atoms with Gasteiger partial charge in [0.1, 0.15) is 0 Å². The van der Waals surface area contributed by atoms with E-state index in [-0.39, 0.29) is 12.5 Å². The molecule has 2 N–H and O–H groups in total. The first-order chi connectivity index (χ1) is 10.0. The minimum atomic E-state index is 0.00712. The maximum Gasteiger partial charge on any atom is 0.225 e. The van der Waals surface area contributed by atoms with E-state index in [0.29, 0.717) is 30.2 Å². The van der Waals surface area contributed by atoms with E-state index in [9.17, 15) is 4.79 Å². The Kier molecular flexibility index (Phi) is 6.81. The van der Waals surface area contributed by atoms with Crippen LogP contribution in [-0.2, 0) is 11.2 Å². The maximum atomic E-state index is 11.6. The van der Waals surface area contributed by atoms with Gasteiger partial charge in [0.25, 0.3) is 0 Å². The third-order valence-corrected chi connectivity index (χ3v) is 3.01. The fourth-order valence-corrected chi connectivity index (χ4v) is 1.85. The SMILES string of the molecule is COc1cc(CCN)cc(OC)c1OCCC(=O)N(C)C. The lowest BCUT2D eigenvalue weighted by atomic mass is 10.1. The zero-order chi connectivity index (χ0) is 15.8. The van der Waals surface area contributed by atoms with Gasteiger partial charge in [-0.15, -0.1) is 0 Å². The van der Waals surface area contributed by atoms with Crippen molar-refractivity contribution in [2.75, 3.05) is 41.5 Å². The monoisotopic (exact) mass is 296 g/mol. The number of ether oxygens (including phenoxy) is 3. The molecule has 0 unspecified atom stereocenters. The molecule has 21 heavy (non-hydrogen) atoms. The molecule has 0 spiro atoms. The van der Waals surface area contributed by atoms with Crippen LogP contribution in [-0.4, -0.2) is 52.3 Å². The van der Waals surface area contributed by atoms with E-state index >= 15 is 0 Å². The van der Waals surface area contributed by atoms with Gasteiger partial charge in [0.2, 0.25) is 11.7 Å². The molecule has 1 rings (SSSR count). The first kappa shape index (κ1) is 17.1. The molecule has 0 bridgehead atoms. The van der Waals surface area contributed by atoms with Crippen molar-refractivity contribution in [2.45, 2.75) is 12.8 Å². The van der Waals surface area contributed by atoms with Crippen LogP contribution in [0.2, 0.25) is 0 Å². The Morgan fingerprint density at radius 1 is 1.19 bits per heavy atom. The number of amides is 1. The molecule has 0 saturated heterocycles. The molecule has 6 heteroatoms. The second kappa shape index (κ2) is 8.36. The summed E-state index contributed by atoms with van der Waals surface area (Å²) in [6.45, 7) is 0.809. The topological polar surface area (TPSA) is 74.0 Å². The average molecular weight is 296 g/mol. The minimum Gasteiger partial charge on any atom is -0.493 e. The molecule has 0 fully saturated rings. The number of methoxy groups -OCH3 is 2. The maximum absolute atomic E-state index is 11.6. The van der Waals surface area contributed by atoms with Gasteiger partial charge in [-0.05, 0) is 30.7 Å². The zero-order valence-corrected chi connectivity index (χ0v) is 13.1. The summed E-state index contributed by atoms with van der Waals surface area (Å²) in [4.78, 5) is 13.1. The second-order valence-electron chi connectivity index (χ2n) is 4.75. The predicted octanol–water partition coefficient (Wildman–Crippen LogP) is 1.06. The summed E-state index contributed by atoms with van der Waals surface area (Å²) in [5.41, 5.74) is 6.59. The Bertz CT molecular complexity index is 450. The lowest BCUT2D eigenvalue weighted by Gasteiger charge is -2.16. The predicted molar refractivity (Wildman–Crippen MR) is 81.1 cm³/mol. The van der Waals surface area contributed by atoms with Gasteiger partial charge in [-0.25, -0.2) is 0 Å². The number of nitrogens with two attached hydrogens (primary N) is 1. The molecule has 0 saturated carbocycles. The lowest BCUT2D eigenvalue weighted by Crippen LogP contribution is -2.23. The lowest BCUT2D eigenvalue weighted by molar-refractivity contribution is -0.129. The normalized spacial score (nSPS) is 10.1. The zero-order valence-electron chi connectivity index (χ0n) is 13.1. The Hall–Kier alpha value is -1.95. The van der Waals surface area contributed by atoms with Crippen LogP contribution in [0.1, 0.15) is 12.0 Å². The van der Waals surface area contributed by atoms with Gasteiger partial charge >= 0.3 is 0 Å². The van der Waals surface area contributed by atoms with Gasteiger partial charge in [-0.3, -0.25) is 4.79 Å². The fraction of sp³-hybridized carbons (Fsp3) is 0.533. The van der Waals surface area contributed by atoms with E-state index < -0.39 is 0 Å². The number of benzene rings is 1. The molecule has 1 aromatic carbocycles. The smallest absolute Gasteiger partial charge is 0.225 e. The van der Waals surface area contributed by atoms with E-state index in [2.05, 4.69) is 0 Å². The minimum absolute atomic E-state index is 0.00712. The molecule has 118 valence electrons. The van der Waals surface area contributed by atoms with Crippen LogP contribution < -0.4 is 19.9 Å². The van der Waals surface area contributed by atoms with Crippen LogP contribution in [0.15, 0.2) is 12.1 Å². The number of rotatable bonds is 8. The molecule has 0 radical (unpaired) electrons. The summed E-state index contributed by atoms with van der Waals surface area (Å²) in [5, 5.41) is 0. The molecular formula is C15H24N2O4. The summed E-state index contributed by atoms with van der Waals surface area (Å²) in [5.74, 6) is 1.67. The Labute approximate surface area is 125 Å². The van der Waals surface area contributed by atoms with Crippen LogP contribution >= 0.6 is 0 Å². The summed E-state index contributed by atoms with van der Waals surface area (Å²) in [6.07, 6.45) is 1.02. The summed E-state index contributed by atoms with van der Waals surface area (Å²) < 4.78 is 16.4. The van der Waals surface area contributed by atoms with Crippen molar-refractivity contribution in [2.24, 2.45) is 5.73 Å². The van der Waals surface area contributed by atoms with E-state index in [1.165, 1.54) is 4.90 Å². The quantitative estimate of drug-likeness (QED) is 0.776. The van der Waals surface area contributed by atoms with Crippen molar-refractivity contribution in [1.82, 2.24) is 4.90 Å². The second-order valence-corrected chi connectivity index (χ2v) is 4.75. The Morgan fingerprint density at radius 3 is 2.19 bits per heavy atom. The molecule has 0 aromatic heterocycles. The highest BCUT2D eigenvalue weighted by Gasteiger charge is 2.15. The fourth-order valence-electron chi connectivity index (χ4n) is 1.85. The third kappa shape index (κ3) is 4.82. The van der Waals surface area contributed by atoms with Crippen LogP contribution in [0.5, 0.6) is 17.2 Å². The summed E-state index contributed by atoms with van der Waals surface area (Å²) >= 11 is 0. The first-order valence-corrected chi connectivity index (χ1v) is 6.81. The largest absolute Gasteiger partial charge is 0.493 e. The van der Waals surface area contributed by atoms with Gasteiger partial charge in [0.15, 0.2) is 11.5 Å². The highest BCUT2D eigenvalue weighted by Crippen LogP contribution is 2.38. The molecule has 1 aromatic rings. The third-order valence-electron chi connectivity index (χ3n) is 3.01. The molecule has 0 heterocycles. The van der Waals surface area contributed by atoms with Crippen molar-refractivity contribution >= 4 is 5.91 Å². The van der Waals surface area contributed by atoms with Gasteiger partial charge in [-0.2, -0.15) is 0 Å². The van der Waals surface area contributed by atoms with Crippen LogP contribution in [0.25, 0.3) is 0 Å². The van der Waals surface area contributed by atoms with Crippen molar-refractivity contribution in [1.29, 1.82) is 0 Å². The van der Waals surface area contributed by atoms with Gasteiger partial charge in [0, 0.05) is 14.1 Å². The molecule has 0 atom stereocenters. The van der Waals surface area contributed by atoms with Gasteiger partial charge in [-0.1, -0.05) is 0 Å². The van der Waals surface area contributed by atoms with Crippen molar-refractivity contribution in [3.8, 4) is 17.2 Å². The number of hydrogen-bond donors (Lipinski definition) is 1. The molecule has 1 amide bonds. The first-order valence-electron chi connectivity index (χ1n) is 6.81. The molecule has 0 aliphatic rings. The highest BCUT2D eigenvalue weighted by molar-refractivity contribution is 5.75. The Balaban J connectivity index is 2.86. The highest BCUT2D eigenvalue weighted by atomic mass is 16.5. The van der Waals surface area contributed by atoms with Crippen molar-refractivity contribution in [3.63, 3.8) is 0 Å². The van der Waals surface area contributed by atoms with Crippen LogP contribution in [0.3, 0.4) is 0 Å². The number of carbonyl (C=O) groups is 1. The van der Waals surface area contributed by atoms with Gasteiger partial charge < -0.3 is 24.8 Å². The molecule has 0 aliphatic carbocycles. The molecule has 6 nitrogen and oxygen atoms in total. The number of hydrogen-bond acceptors (Lipinski definition) is 5. The van der Waals surface area contributed by atoms with E-state index in [4.69, 9.17) is 19.9 Å². The standard InChI is InChI=1S/C15H24N2O4/c1-17(2)14(18)6-8-21-15-12(19-3)9-11(5-7-16)10-13(15)20-4/h9-10H,5-8,16H2,1-4H3. The van der Waals surface area contributed by atoms with E-state index in [1.54, 1.807) is 28.3 Å². The average Bonchev–Trinajstić information content (AvgIpc) is 2.47.